The van der Waals surface area contributed by atoms with E-state index in [2.05, 4.69) is 10.3 Å². The first kappa shape index (κ1) is 20.9. The number of carbonyl (C=O) groups is 2. The van der Waals surface area contributed by atoms with Crippen LogP contribution in [0.25, 0.3) is 10.9 Å². The molecule has 0 aliphatic carbocycles. The molecule has 1 aromatic heterocycles. The molecule has 0 aliphatic rings. The van der Waals surface area contributed by atoms with Gasteiger partial charge in [-0.2, -0.15) is 0 Å². The summed E-state index contributed by atoms with van der Waals surface area (Å²) in [6.07, 6.45) is 0.609. The van der Waals surface area contributed by atoms with Crippen molar-refractivity contribution in [1.29, 1.82) is 0 Å². The van der Waals surface area contributed by atoms with Gasteiger partial charge in [0.1, 0.15) is 5.75 Å². The number of ether oxygens (including phenoxy) is 1. The van der Waals surface area contributed by atoms with Crippen LogP contribution in [-0.4, -0.2) is 42.0 Å². The number of ketones is 1. The Morgan fingerprint density at radius 1 is 1.17 bits per heavy atom. The molecule has 3 N–H and O–H groups in total. The van der Waals surface area contributed by atoms with Crippen molar-refractivity contribution in [2.75, 3.05) is 20.3 Å². The van der Waals surface area contributed by atoms with Crippen molar-refractivity contribution in [1.82, 2.24) is 10.3 Å². The number of hydrogen-bond donors (Lipinski definition) is 3. The van der Waals surface area contributed by atoms with Gasteiger partial charge in [-0.05, 0) is 55.3 Å². The summed E-state index contributed by atoms with van der Waals surface area (Å²) in [5, 5.41) is 12.9. The predicted molar refractivity (Wildman–Crippen MR) is 113 cm³/mol. The lowest BCUT2D eigenvalue weighted by molar-refractivity contribution is -0.120. The molecule has 0 aliphatic heterocycles. The standard InChI is InChI=1S/C22H23ClN2O4/c1-13-16(12-19(27)24-10-3-11-26)20-17(25-13)8-9-18(29-2)21(20)22(28)14-4-6-15(23)7-5-14/h4-9,25-26H,3,10-12H2,1-2H3,(H,24,27). The minimum atomic E-state index is -0.204. The number of methoxy groups -OCH3 is 1. The number of aryl methyl sites for hydroxylation is 1. The van der Waals surface area contributed by atoms with Crippen LogP contribution < -0.4 is 10.1 Å². The molecule has 0 saturated heterocycles. The maximum absolute atomic E-state index is 13.3. The minimum absolute atomic E-state index is 0.0172. The normalized spacial score (nSPS) is 10.9. The van der Waals surface area contributed by atoms with Gasteiger partial charge in [-0.15, -0.1) is 0 Å². The van der Waals surface area contributed by atoms with E-state index in [0.29, 0.717) is 40.3 Å². The summed E-state index contributed by atoms with van der Waals surface area (Å²) in [4.78, 5) is 29.0. The number of aromatic amines is 1. The molecule has 0 unspecified atom stereocenters. The number of aromatic nitrogens is 1. The Kier molecular flexibility index (Phi) is 6.56. The number of H-pyrrole nitrogens is 1. The van der Waals surface area contributed by atoms with Gasteiger partial charge in [0.2, 0.25) is 5.91 Å². The summed E-state index contributed by atoms with van der Waals surface area (Å²) in [6.45, 7) is 2.29. The van der Waals surface area contributed by atoms with Gasteiger partial charge in [-0.25, -0.2) is 0 Å². The maximum Gasteiger partial charge on any atom is 0.224 e. The summed E-state index contributed by atoms with van der Waals surface area (Å²) in [5.41, 5.74) is 3.22. The third kappa shape index (κ3) is 4.44. The number of aliphatic hydroxyl groups is 1. The van der Waals surface area contributed by atoms with Crippen LogP contribution in [0.1, 0.15) is 33.6 Å². The van der Waals surface area contributed by atoms with Crippen LogP contribution in [0.2, 0.25) is 5.02 Å². The molecule has 7 heteroatoms. The summed E-state index contributed by atoms with van der Waals surface area (Å²) in [6, 6.07) is 10.3. The average Bonchev–Trinajstić information content (AvgIpc) is 3.02. The van der Waals surface area contributed by atoms with Crippen LogP contribution >= 0.6 is 11.6 Å². The highest BCUT2D eigenvalue weighted by Crippen LogP contribution is 2.34. The highest BCUT2D eigenvalue weighted by molar-refractivity contribution is 6.30. The van der Waals surface area contributed by atoms with Gasteiger partial charge in [-0.1, -0.05) is 11.6 Å². The second-order valence-electron chi connectivity index (χ2n) is 6.73. The fourth-order valence-corrected chi connectivity index (χ4v) is 3.48. The van der Waals surface area contributed by atoms with Gasteiger partial charge >= 0.3 is 0 Å². The lowest BCUT2D eigenvalue weighted by atomic mass is 9.95. The molecule has 29 heavy (non-hydrogen) atoms. The summed E-state index contributed by atoms with van der Waals surface area (Å²) < 4.78 is 5.48. The maximum atomic E-state index is 13.3. The molecule has 0 radical (unpaired) electrons. The van der Waals surface area contributed by atoms with E-state index in [1.165, 1.54) is 7.11 Å². The van der Waals surface area contributed by atoms with Gasteiger partial charge in [0.05, 0.1) is 19.1 Å². The summed E-state index contributed by atoms with van der Waals surface area (Å²) >= 11 is 5.95. The van der Waals surface area contributed by atoms with Crippen LogP contribution in [0.15, 0.2) is 36.4 Å². The van der Waals surface area contributed by atoms with Crippen LogP contribution in [0.3, 0.4) is 0 Å². The van der Waals surface area contributed by atoms with Crippen LogP contribution in [0.5, 0.6) is 5.75 Å². The molecule has 2 aromatic carbocycles. The lowest BCUT2D eigenvalue weighted by Gasteiger charge is -2.12. The largest absolute Gasteiger partial charge is 0.496 e. The van der Waals surface area contributed by atoms with E-state index >= 15 is 0 Å². The number of amides is 1. The first-order valence-electron chi connectivity index (χ1n) is 9.32. The molecule has 1 amide bonds. The number of carbonyl (C=O) groups excluding carboxylic acids is 2. The third-order valence-electron chi connectivity index (χ3n) is 4.79. The van der Waals surface area contributed by atoms with Gasteiger partial charge < -0.3 is 20.1 Å². The van der Waals surface area contributed by atoms with Crippen molar-refractivity contribution >= 4 is 34.2 Å². The molecule has 6 nitrogen and oxygen atoms in total. The Morgan fingerprint density at radius 3 is 2.55 bits per heavy atom. The lowest BCUT2D eigenvalue weighted by Crippen LogP contribution is -2.26. The zero-order valence-electron chi connectivity index (χ0n) is 16.3. The quantitative estimate of drug-likeness (QED) is 0.389. The van der Waals surface area contributed by atoms with E-state index in [0.717, 1.165) is 16.8 Å². The Balaban J connectivity index is 2.09. The molecule has 1 heterocycles. The van der Waals surface area contributed by atoms with Crippen molar-refractivity contribution in [3.05, 3.63) is 63.8 Å². The molecular weight excluding hydrogens is 392 g/mol. The van der Waals surface area contributed by atoms with Crippen molar-refractivity contribution in [2.24, 2.45) is 0 Å². The number of hydrogen-bond acceptors (Lipinski definition) is 4. The third-order valence-corrected chi connectivity index (χ3v) is 5.04. The van der Waals surface area contributed by atoms with Gasteiger partial charge in [0, 0.05) is 40.3 Å². The molecule has 3 rings (SSSR count). The molecule has 0 saturated carbocycles. The first-order valence-corrected chi connectivity index (χ1v) is 9.70. The van der Waals surface area contributed by atoms with Gasteiger partial charge in [0.25, 0.3) is 0 Å². The molecule has 0 spiro atoms. The van der Waals surface area contributed by atoms with Gasteiger partial charge in [-0.3, -0.25) is 9.59 Å². The number of fused-ring (bicyclic) bond motifs is 1. The topological polar surface area (TPSA) is 91.4 Å². The van der Waals surface area contributed by atoms with Crippen molar-refractivity contribution in [3.8, 4) is 5.75 Å². The number of halogens is 1. The number of rotatable bonds is 8. The Morgan fingerprint density at radius 2 is 1.90 bits per heavy atom. The van der Waals surface area contributed by atoms with Crippen molar-refractivity contribution < 1.29 is 19.4 Å². The molecule has 0 fully saturated rings. The van der Waals surface area contributed by atoms with Crippen LogP contribution in [0.4, 0.5) is 0 Å². The molecule has 0 bridgehead atoms. The number of aliphatic hydroxyl groups excluding tert-OH is 1. The van der Waals surface area contributed by atoms with Crippen molar-refractivity contribution in [3.63, 3.8) is 0 Å². The monoisotopic (exact) mass is 414 g/mol. The summed E-state index contributed by atoms with van der Waals surface area (Å²) in [5.74, 6) is 0.0682. The fraction of sp³-hybridized carbons (Fsp3) is 0.273. The number of benzene rings is 2. The SMILES string of the molecule is COc1ccc2[nH]c(C)c(CC(=O)NCCCO)c2c1C(=O)c1ccc(Cl)cc1. The van der Waals surface area contributed by atoms with E-state index in [4.69, 9.17) is 21.4 Å². The fourth-order valence-electron chi connectivity index (χ4n) is 3.36. The molecule has 152 valence electrons. The van der Waals surface area contributed by atoms with Crippen LogP contribution in [0, 0.1) is 6.92 Å². The second-order valence-corrected chi connectivity index (χ2v) is 7.17. The van der Waals surface area contributed by atoms with Crippen molar-refractivity contribution in [2.45, 2.75) is 19.8 Å². The van der Waals surface area contributed by atoms with Crippen LogP contribution in [-0.2, 0) is 11.2 Å². The predicted octanol–water partition coefficient (Wildman–Crippen LogP) is 3.41. The highest BCUT2D eigenvalue weighted by Gasteiger charge is 2.23. The first-order chi connectivity index (χ1) is 14.0. The Bertz CT molecular complexity index is 1040. The van der Waals surface area contributed by atoms with E-state index in [9.17, 15) is 9.59 Å². The van der Waals surface area contributed by atoms with Gasteiger partial charge in [0.15, 0.2) is 5.78 Å². The Hall–Kier alpha value is -2.83. The number of nitrogens with one attached hydrogen (secondary N) is 2. The minimum Gasteiger partial charge on any atom is -0.496 e. The molecule has 3 aromatic rings. The zero-order chi connectivity index (χ0) is 21.0. The highest BCUT2D eigenvalue weighted by atomic mass is 35.5. The second kappa shape index (κ2) is 9.11. The smallest absolute Gasteiger partial charge is 0.224 e. The summed E-state index contributed by atoms with van der Waals surface area (Å²) in [7, 11) is 1.51. The zero-order valence-corrected chi connectivity index (χ0v) is 17.1. The van der Waals surface area contributed by atoms with E-state index in [-0.39, 0.29) is 24.7 Å². The van der Waals surface area contributed by atoms with E-state index < -0.39 is 0 Å². The van der Waals surface area contributed by atoms with E-state index in [1.807, 2.05) is 13.0 Å². The molecule has 0 atom stereocenters. The Labute approximate surface area is 173 Å². The molecular formula is C22H23ClN2O4. The van der Waals surface area contributed by atoms with E-state index in [1.54, 1.807) is 30.3 Å². The average molecular weight is 415 g/mol.